The standard InChI is InChI=1S/C27H27ClO5/c1-3-31-20-14-22(32-4-2)25-23(15-20)33-27(18-10-12-19(28)13-11-18)21(16-24(29)26(25,27)30)17-8-6-5-7-9-17/h5-15,21,24,29-30H,3-4,16H2,1-2H3/t21-,24+,26+,27-/m1/s1. The average molecular weight is 467 g/mol. The Morgan fingerprint density at radius 3 is 2.36 bits per heavy atom. The summed E-state index contributed by atoms with van der Waals surface area (Å²) < 4.78 is 18.4. The second kappa shape index (κ2) is 8.24. The third-order valence-electron chi connectivity index (χ3n) is 6.78. The summed E-state index contributed by atoms with van der Waals surface area (Å²) in [5.41, 5.74) is -0.869. The molecule has 3 aromatic rings. The number of ether oxygens (including phenoxy) is 3. The summed E-state index contributed by atoms with van der Waals surface area (Å²) in [4.78, 5) is 0. The van der Waals surface area contributed by atoms with Crippen LogP contribution in [-0.4, -0.2) is 29.5 Å². The Morgan fingerprint density at radius 2 is 1.70 bits per heavy atom. The lowest BCUT2D eigenvalue weighted by Crippen LogP contribution is -2.52. The topological polar surface area (TPSA) is 68.2 Å². The van der Waals surface area contributed by atoms with E-state index in [0.29, 0.717) is 47.5 Å². The maximum absolute atomic E-state index is 12.5. The largest absolute Gasteiger partial charge is 0.494 e. The molecule has 33 heavy (non-hydrogen) atoms. The van der Waals surface area contributed by atoms with Gasteiger partial charge < -0.3 is 24.4 Å². The Hall–Kier alpha value is -2.73. The van der Waals surface area contributed by atoms with Crippen LogP contribution in [0.2, 0.25) is 5.02 Å². The highest BCUT2D eigenvalue weighted by atomic mass is 35.5. The van der Waals surface area contributed by atoms with E-state index >= 15 is 0 Å². The van der Waals surface area contributed by atoms with E-state index in [9.17, 15) is 10.2 Å². The number of aliphatic hydroxyl groups is 2. The van der Waals surface area contributed by atoms with Crippen molar-refractivity contribution in [2.45, 2.75) is 43.5 Å². The first-order chi connectivity index (χ1) is 16.0. The lowest BCUT2D eigenvalue weighted by molar-refractivity contribution is -0.150. The summed E-state index contributed by atoms with van der Waals surface area (Å²) in [5.74, 6) is 1.16. The second-order valence-corrected chi connectivity index (χ2v) is 8.92. The molecule has 5 rings (SSSR count). The van der Waals surface area contributed by atoms with E-state index < -0.39 is 17.3 Å². The second-order valence-electron chi connectivity index (χ2n) is 8.49. The summed E-state index contributed by atoms with van der Waals surface area (Å²) in [7, 11) is 0. The first-order valence-corrected chi connectivity index (χ1v) is 11.7. The Bertz CT molecular complexity index is 1150. The van der Waals surface area contributed by atoms with Crippen molar-refractivity contribution < 1.29 is 24.4 Å². The minimum absolute atomic E-state index is 0.321. The first kappa shape index (κ1) is 22.1. The number of hydrogen-bond acceptors (Lipinski definition) is 5. The van der Waals surface area contributed by atoms with Gasteiger partial charge in [0.2, 0.25) is 0 Å². The highest BCUT2D eigenvalue weighted by molar-refractivity contribution is 6.30. The quantitative estimate of drug-likeness (QED) is 0.525. The molecule has 172 valence electrons. The fourth-order valence-electron chi connectivity index (χ4n) is 5.52. The van der Waals surface area contributed by atoms with Gasteiger partial charge in [0.25, 0.3) is 0 Å². The van der Waals surface area contributed by atoms with Crippen LogP contribution in [0.5, 0.6) is 17.2 Å². The maximum Gasteiger partial charge on any atom is 0.176 e. The molecule has 0 radical (unpaired) electrons. The van der Waals surface area contributed by atoms with Crippen molar-refractivity contribution in [2.75, 3.05) is 13.2 Å². The number of hydrogen-bond donors (Lipinski definition) is 2. The molecule has 1 fully saturated rings. The summed E-state index contributed by atoms with van der Waals surface area (Å²) in [6.45, 7) is 4.65. The summed E-state index contributed by atoms with van der Waals surface area (Å²) >= 11 is 6.20. The molecular weight excluding hydrogens is 440 g/mol. The Morgan fingerprint density at radius 1 is 1.00 bits per heavy atom. The van der Waals surface area contributed by atoms with Crippen molar-refractivity contribution in [3.63, 3.8) is 0 Å². The Labute approximate surface area is 198 Å². The van der Waals surface area contributed by atoms with Gasteiger partial charge in [-0.15, -0.1) is 0 Å². The SMILES string of the molecule is CCOc1cc(OCC)c2c(c1)O[C@]1(c3ccc(Cl)cc3)[C@@H](c3ccccc3)C[C@H](O)[C@]21O. The van der Waals surface area contributed by atoms with E-state index in [1.807, 2.05) is 56.3 Å². The van der Waals surface area contributed by atoms with E-state index in [-0.39, 0.29) is 5.92 Å². The molecule has 2 aliphatic rings. The monoisotopic (exact) mass is 466 g/mol. The van der Waals surface area contributed by atoms with Crippen LogP contribution < -0.4 is 14.2 Å². The highest BCUT2D eigenvalue weighted by Gasteiger charge is 2.73. The predicted octanol–water partition coefficient (Wildman–Crippen LogP) is 5.16. The number of benzene rings is 3. The van der Waals surface area contributed by atoms with Crippen LogP contribution in [0.1, 0.15) is 42.9 Å². The lowest BCUT2D eigenvalue weighted by Gasteiger charge is -2.40. The van der Waals surface area contributed by atoms with Gasteiger partial charge in [-0.25, -0.2) is 0 Å². The molecular formula is C27H27ClO5. The van der Waals surface area contributed by atoms with Gasteiger partial charge in [0.1, 0.15) is 17.2 Å². The summed E-state index contributed by atoms with van der Waals surface area (Å²) in [6, 6.07) is 20.7. The molecule has 0 unspecified atom stereocenters. The predicted molar refractivity (Wildman–Crippen MR) is 126 cm³/mol. The van der Waals surface area contributed by atoms with Crippen LogP contribution >= 0.6 is 11.6 Å². The summed E-state index contributed by atoms with van der Waals surface area (Å²) in [5, 5.41) is 24.5. The molecule has 0 saturated heterocycles. The van der Waals surface area contributed by atoms with E-state index in [0.717, 1.165) is 11.1 Å². The molecule has 2 N–H and O–H groups in total. The van der Waals surface area contributed by atoms with Gasteiger partial charge in [0.05, 0.1) is 24.9 Å². The van der Waals surface area contributed by atoms with E-state index in [2.05, 4.69) is 0 Å². The average Bonchev–Trinajstić information content (AvgIpc) is 3.21. The van der Waals surface area contributed by atoms with Crippen molar-refractivity contribution in [1.82, 2.24) is 0 Å². The van der Waals surface area contributed by atoms with Crippen molar-refractivity contribution in [1.29, 1.82) is 0 Å². The van der Waals surface area contributed by atoms with Crippen LogP contribution in [0, 0.1) is 0 Å². The molecule has 6 heteroatoms. The van der Waals surface area contributed by atoms with Gasteiger partial charge in [0, 0.05) is 23.1 Å². The van der Waals surface area contributed by atoms with Gasteiger partial charge in [-0.05, 0) is 43.5 Å². The first-order valence-electron chi connectivity index (χ1n) is 11.3. The van der Waals surface area contributed by atoms with Gasteiger partial charge in [0.15, 0.2) is 11.2 Å². The van der Waals surface area contributed by atoms with E-state index in [1.165, 1.54) is 0 Å². The van der Waals surface area contributed by atoms with Crippen molar-refractivity contribution in [2.24, 2.45) is 0 Å². The summed E-state index contributed by atoms with van der Waals surface area (Å²) in [6.07, 6.45) is -0.766. The molecule has 4 atom stereocenters. The number of aliphatic hydroxyl groups excluding tert-OH is 1. The fourth-order valence-corrected chi connectivity index (χ4v) is 5.65. The molecule has 0 bridgehead atoms. The van der Waals surface area contributed by atoms with Gasteiger partial charge in [-0.1, -0.05) is 54.1 Å². The van der Waals surface area contributed by atoms with Crippen LogP contribution in [0.3, 0.4) is 0 Å². The Kier molecular flexibility index (Phi) is 5.52. The molecule has 5 nitrogen and oxygen atoms in total. The molecule has 1 aliphatic heterocycles. The zero-order valence-electron chi connectivity index (χ0n) is 18.6. The zero-order valence-corrected chi connectivity index (χ0v) is 19.4. The third-order valence-corrected chi connectivity index (χ3v) is 7.03. The van der Waals surface area contributed by atoms with E-state index in [4.69, 9.17) is 25.8 Å². The minimum atomic E-state index is -1.74. The molecule has 3 aromatic carbocycles. The molecule has 0 aromatic heterocycles. The number of fused-ring (bicyclic) bond motifs is 3. The maximum atomic E-state index is 12.5. The number of rotatable bonds is 6. The van der Waals surface area contributed by atoms with Crippen molar-refractivity contribution >= 4 is 11.6 Å². The third kappa shape index (κ3) is 3.14. The van der Waals surface area contributed by atoms with Crippen LogP contribution in [0.15, 0.2) is 66.7 Å². The van der Waals surface area contributed by atoms with Gasteiger partial charge >= 0.3 is 0 Å². The van der Waals surface area contributed by atoms with Gasteiger partial charge in [-0.3, -0.25) is 0 Å². The number of halogens is 1. The lowest BCUT2D eigenvalue weighted by atomic mass is 9.71. The van der Waals surface area contributed by atoms with Gasteiger partial charge in [-0.2, -0.15) is 0 Å². The zero-order chi connectivity index (χ0) is 23.2. The molecule has 1 heterocycles. The molecule has 1 saturated carbocycles. The fraction of sp³-hybridized carbons (Fsp3) is 0.333. The van der Waals surface area contributed by atoms with Crippen LogP contribution in [0.25, 0.3) is 0 Å². The normalized spacial score (nSPS) is 27.5. The molecule has 0 spiro atoms. The smallest absolute Gasteiger partial charge is 0.176 e. The molecule has 1 aliphatic carbocycles. The van der Waals surface area contributed by atoms with Crippen molar-refractivity contribution in [3.05, 3.63) is 88.4 Å². The van der Waals surface area contributed by atoms with Crippen molar-refractivity contribution in [3.8, 4) is 17.2 Å². The minimum Gasteiger partial charge on any atom is -0.494 e. The van der Waals surface area contributed by atoms with Crippen LogP contribution in [-0.2, 0) is 11.2 Å². The molecule has 0 amide bonds. The highest BCUT2D eigenvalue weighted by Crippen LogP contribution is 2.68. The van der Waals surface area contributed by atoms with E-state index in [1.54, 1.807) is 24.3 Å². The van der Waals surface area contributed by atoms with Crippen LogP contribution in [0.4, 0.5) is 0 Å². The Balaban J connectivity index is 1.79.